The average Bonchev–Trinajstić information content (AvgIpc) is 2.51. The molecule has 0 saturated heterocycles. The molecule has 0 radical (unpaired) electrons. The first-order valence-corrected chi connectivity index (χ1v) is 5.52. The van der Waals surface area contributed by atoms with Crippen LogP contribution in [0.3, 0.4) is 0 Å². The maximum Gasteiger partial charge on any atom is 0.193 e. The summed E-state index contributed by atoms with van der Waals surface area (Å²) in [5.74, 6) is 0.558. The number of hydrogen-bond acceptors (Lipinski definition) is 0. The molecule has 0 fully saturated rings. The lowest BCUT2D eigenvalue weighted by Gasteiger charge is -2.01. The third kappa shape index (κ3) is 1.39. The summed E-state index contributed by atoms with van der Waals surface area (Å²) in [5.41, 5.74) is 5.77. The van der Waals surface area contributed by atoms with Gasteiger partial charge in [0, 0.05) is 0 Å². The highest BCUT2D eigenvalue weighted by Gasteiger charge is 2.19. The quantitative estimate of drug-likeness (QED) is 0.553. The van der Waals surface area contributed by atoms with E-state index in [9.17, 15) is 0 Å². The monoisotopic (exact) mass is 192 g/mol. The second kappa shape index (κ2) is 3.27. The Morgan fingerprint density at radius 2 is 1.87 bits per heavy atom. The van der Waals surface area contributed by atoms with Gasteiger partial charge in [0.15, 0.2) is 7.28 Å². The molecular weight excluding hydrogens is 179 g/mol. The van der Waals surface area contributed by atoms with Gasteiger partial charge in [-0.2, -0.15) is 0 Å². The van der Waals surface area contributed by atoms with Gasteiger partial charge in [-0.25, -0.2) is 0 Å². The van der Waals surface area contributed by atoms with Crippen LogP contribution in [0, 0.1) is 5.92 Å². The maximum atomic E-state index is 2.29. The predicted molar refractivity (Wildman–Crippen MR) is 67.6 cm³/mol. The third-order valence-electron chi connectivity index (χ3n) is 3.20. The van der Waals surface area contributed by atoms with Crippen LogP contribution >= 0.6 is 0 Å². The van der Waals surface area contributed by atoms with Crippen molar-refractivity contribution in [3.8, 4) is 0 Å². The molecule has 0 saturated carbocycles. The van der Waals surface area contributed by atoms with Crippen LogP contribution in [0.1, 0.15) is 12.5 Å². The highest BCUT2D eigenvalue weighted by molar-refractivity contribution is 6.67. The van der Waals surface area contributed by atoms with E-state index < -0.39 is 0 Å². The van der Waals surface area contributed by atoms with Gasteiger partial charge in [-0.05, 0) is 17.1 Å². The molecule has 1 aliphatic heterocycles. The van der Waals surface area contributed by atoms with E-state index in [1.165, 1.54) is 22.1 Å². The van der Waals surface area contributed by atoms with Crippen molar-refractivity contribution in [3.63, 3.8) is 0 Å². The Bertz CT molecular complexity index is 492. The minimum atomic E-state index is 0.558. The van der Waals surface area contributed by atoms with Crippen molar-refractivity contribution in [1.29, 1.82) is 0 Å². The van der Waals surface area contributed by atoms with Gasteiger partial charge in [0.05, 0.1) is 0 Å². The molecule has 2 aliphatic rings. The summed E-state index contributed by atoms with van der Waals surface area (Å²) in [5, 5.41) is 0. The number of rotatable bonds is 0. The molecule has 72 valence electrons. The first-order chi connectivity index (χ1) is 7.34. The molecule has 1 aromatic rings. The van der Waals surface area contributed by atoms with Gasteiger partial charge in [-0.15, -0.1) is 0 Å². The first-order valence-electron chi connectivity index (χ1n) is 5.52. The van der Waals surface area contributed by atoms with E-state index in [2.05, 4.69) is 55.5 Å². The van der Waals surface area contributed by atoms with Crippen LogP contribution in [0.5, 0.6) is 0 Å². The SMILES string of the molecule is C[C@H]1C=CC2=C(C=C1)c1ccccc1B2. The molecule has 0 amide bonds. The van der Waals surface area contributed by atoms with Crippen molar-refractivity contribution < 1.29 is 0 Å². The summed E-state index contributed by atoms with van der Waals surface area (Å²) in [4.78, 5) is 0. The van der Waals surface area contributed by atoms with Gasteiger partial charge >= 0.3 is 0 Å². The third-order valence-corrected chi connectivity index (χ3v) is 3.20. The topological polar surface area (TPSA) is 0 Å². The molecule has 1 heterocycles. The van der Waals surface area contributed by atoms with Crippen LogP contribution in [0.2, 0.25) is 0 Å². The second-order valence-corrected chi connectivity index (χ2v) is 4.35. The Balaban J connectivity index is 2.14. The van der Waals surface area contributed by atoms with Crippen molar-refractivity contribution in [2.45, 2.75) is 6.92 Å². The summed E-state index contributed by atoms with van der Waals surface area (Å²) in [7, 11) is 1.10. The molecule has 1 atom stereocenters. The molecule has 0 bridgehead atoms. The van der Waals surface area contributed by atoms with Crippen molar-refractivity contribution in [1.82, 2.24) is 0 Å². The summed E-state index contributed by atoms with van der Waals surface area (Å²) < 4.78 is 0. The average molecular weight is 192 g/mol. The predicted octanol–water partition coefficient (Wildman–Crippen LogP) is 2.24. The molecular formula is C14H13B. The molecule has 0 aromatic heterocycles. The van der Waals surface area contributed by atoms with E-state index in [-0.39, 0.29) is 0 Å². The molecule has 15 heavy (non-hydrogen) atoms. The number of hydrogen-bond donors (Lipinski definition) is 0. The molecule has 0 nitrogen and oxygen atoms in total. The molecule has 1 aliphatic carbocycles. The Hall–Kier alpha value is -1.50. The number of fused-ring (bicyclic) bond motifs is 2. The molecule has 0 N–H and O–H groups in total. The minimum Gasteiger partial charge on any atom is -0.0784 e. The van der Waals surface area contributed by atoms with Gasteiger partial charge in [0.25, 0.3) is 0 Å². The van der Waals surface area contributed by atoms with Crippen LogP contribution in [-0.4, -0.2) is 7.28 Å². The van der Waals surface area contributed by atoms with Gasteiger partial charge in [-0.1, -0.05) is 66.4 Å². The fraction of sp³-hybridized carbons (Fsp3) is 0.143. The van der Waals surface area contributed by atoms with Crippen LogP contribution in [0.4, 0.5) is 0 Å². The lowest BCUT2D eigenvalue weighted by molar-refractivity contribution is 0.942. The highest BCUT2D eigenvalue weighted by Crippen LogP contribution is 2.27. The Kier molecular flexibility index (Phi) is 1.91. The van der Waals surface area contributed by atoms with Crippen LogP contribution in [-0.2, 0) is 0 Å². The Morgan fingerprint density at radius 1 is 1.07 bits per heavy atom. The standard InChI is InChI=1S/C14H13B/c1-10-6-8-12-11-4-2-3-5-13(11)15-14(12)9-7-10/h2-10,15H,1H3/t10-/m1/s1. The highest BCUT2D eigenvalue weighted by atomic mass is 14.1. The Morgan fingerprint density at radius 3 is 2.80 bits per heavy atom. The molecule has 3 rings (SSSR count). The van der Waals surface area contributed by atoms with Gasteiger partial charge in [-0.3, -0.25) is 0 Å². The van der Waals surface area contributed by atoms with Gasteiger partial charge < -0.3 is 0 Å². The lowest BCUT2D eigenvalue weighted by Crippen LogP contribution is -2.12. The molecule has 1 aromatic carbocycles. The summed E-state index contributed by atoms with van der Waals surface area (Å²) >= 11 is 0. The van der Waals surface area contributed by atoms with E-state index in [1.807, 2.05) is 0 Å². The summed E-state index contributed by atoms with van der Waals surface area (Å²) in [6, 6.07) is 8.71. The molecule has 0 spiro atoms. The zero-order valence-corrected chi connectivity index (χ0v) is 8.90. The first kappa shape index (κ1) is 8.78. The van der Waals surface area contributed by atoms with Crippen LogP contribution in [0.25, 0.3) is 5.57 Å². The van der Waals surface area contributed by atoms with E-state index in [4.69, 9.17) is 0 Å². The van der Waals surface area contributed by atoms with Crippen molar-refractivity contribution in [2.75, 3.05) is 0 Å². The molecule has 0 unspecified atom stereocenters. The van der Waals surface area contributed by atoms with Crippen molar-refractivity contribution in [3.05, 3.63) is 59.6 Å². The van der Waals surface area contributed by atoms with Crippen molar-refractivity contribution >= 4 is 18.3 Å². The van der Waals surface area contributed by atoms with Crippen molar-refractivity contribution in [2.24, 2.45) is 5.92 Å². The second-order valence-electron chi connectivity index (χ2n) is 4.35. The van der Waals surface area contributed by atoms with E-state index in [1.54, 1.807) is 0 Å². The zero-order valence-electron chi connectivity index (χ0n) is 8.90. The fourth-order valence-electron chi connectivity index (χ4n) is 2.34. The summed E-state index contributed by atoms with van der Waals surface area (Å²) in [6.07, 6.45) is 9.14. The summed E-state index contributed by atoms with van der Waals surface area (Å²) in [6.45, 7) is 2.22. The maximum absolute atomic E-state index is 2.29. The molecule has 1 heteroatoms. The van der Waals surface area contributed by atoms with E-state index in [0.29, 0.717) is 5.92 Å². The fourth-order valence-corrected chi connectivity index (χ4v) is 2.34. The zero-order chi connectivity index (χ0) is 10.3. The van der Waals surface area contributed by atoms with Gasteiger partial charge in [0.1, 0.15) is 0 Å². The van der Waals surface area contributed by atoms with Crippen LogP contribution in [0.15, 0.2) is 54.0 Å². The van der Waals surface area contributed by atoms with E-state index >= 15 is 0 Å². The smallest absolute Gasteiger partial charge is 0.0784 e. The number of allylic oxidation sites excluding steroid dienone is 6. The van der Waals surface area contributed by atoms with Gasteiger partial charge in [0.2, 0.25) is 0 Å². The Labute approximate surface area is 91.3 Å². The minimum absolute atomic E-state index is 0.558. The van der Waals surface area contributed by atoms with E-state index in [0.717, 1.165) is 7.28 Å². The largest absolute Gasteiger partial charge is 0.193 e. The lowest BCUT2D eigenvalue weighted by atomic mass is 9.66. The van der Waals surface area contributed by atoms with Crippen LogP contribution < -0.4 is 5.46 Å². The normalized spacial score (nSPS) is 22.1. The number of benzene rings is 1.